The fourth-order valence-electron chi connectivity index (χ4n) is 0.552. The first kappa shape index (κ1) is 12.9. The summed E-state index contributed by atoms with van der Waals surface area (Å²) in [5.41, 5.74) is 0. The van der Waals surface area contributed by atoms with Gasteiger partial charge in [-0.15, -0.1) is 0 Å². The molecule has 0 unspecified atom stereocenters. The van der Waals surface area contributed by atoms with Crippen LogP contribution >= 0.6 is 0 Å². The Morgan fingerprint density at radius 3 is 2.09 bits per heavy atom. The molecule has 3 nitrogen and oxygen atoms in total. The van der Waals surface area contributed by atoms with E-state index in [-0.39, 0.29) is 0 Å². The Kier molecular flexibility index (Phi) is 14.1. The van der Waals surface area contributed by atoms with E-state index < -0.39 is 6.16 Å². The zero-order chi connectivity index (χ0) is 9.11. The molecule has 11 heavy (non-hydrogen) atoms. The van der Waals surface area contributed by atoms with Crippen molar-refractivity contribution in [2.75, 3.05) is 0 Å². The summed E-state index contributed by atoms with van der Waals surface area (Å²) in [5, 5.41) is 13.9. The lowest BCUT2D eigenvalue weighted by Gasteiger charge is -1.90. The summed E-state index contributed by atoms with van der Waals surface area (Å²) in [4.78, 5) is 8.56. The van der Waals surface area contributed by atoms with Crippen molar-refractivity contribution in [3.63, 3.8) is 0 Å². The number of hydrogen-bond acceptors (Lipinski definition) is 1. The zero-order valence-electron chi connectivity index (χ0n) is 7.13. The third-order valence-corrected chi connectivity index (χ3v) is 1.03. The van der Waals surface area contributed by atoms with Crippen LogP contribution in [0, 0.1) is 6.42 Å². The van der Waals surface area contributed by atoms with Crippen LogP contribution in [0.5, 0.6) is 0 Å². The van der Waals surface area contributed by atoms with Crippen molar-refractivity contribution < 1.29 is 15.0 Å². The highest BCUT2D eigenvalue weighted by Crippen LogP contribution is 1.99. The number of carboxylic acid groups (broad SMARTS) is 2. The molecular weight excluding hydrogens is 144 g/mol. The molecule has 0 amide bonds. The topological polar surface area (TPSA) is 57.5 Å². The minimum atomic E-state index is -1.83. The van der Waals surface area contributed by atoms with Crippen molar-refractivity contribution in [1.82, 2.24) is 0 Å². The Bertz CT molecular complexity index is 73.4. The molecule has 0 atom stereocenters. The molecule has 0 spiro atoms. The summed E-state index contributed by atoms with van der Waals surface area (Å²) in [5.74, 6) is 0. The van der Waals surface area contributed by atoms with Crippen molar-refractivity contribution >= 4 is 6.16 Å². The maximum absolute atomic E-state index is 8.56. The SMILES string of the molecule is C[C]CCCCC.O=C(O)O. The van der Waals surface area contributed by atoms with E-state index >= 15 is 0 Å². The monoisotopic (exact) mass is 160 g/mol. The van der Waals surface area contributed by atoms with Crippen LogP contribution in [0.2, 0.25) is 0 Å². The molecule has 0 aliphatic carbocycles. The fourth-order valence-corrected chi connectivity index (χ4v) is 0.552. The number of unbranched alkanes of at least 4 members (excludes halogenated alkanes) is 4. The van der Waals surface area contributed by atoms with Crippen LogP contribution in [0.4, 0.5) is 4.79 Å². The van der Waals surface area contributed by atoms with E-state index in [1.54, 1.807) is 0 Å². The van der Waals surface area contributed by atoms with Gasteiger partial charge in [0.05, 0.1) is 0 Å². The summed E-state index contributed by atoms with van der Waals surface area (Å²) >= 11 is 0. The van der Waals surface area contributed by atoms with Gasteiger partial charge in [0, 0.05) is 0 Å². The lowest BCUT2D eigenvalue weighted by Crippen LogP contribution is -1.81. The van der Waals surface area contributed by atoms with Crippen molar-refractivity contribution in [3.05, 3.63) is 6.42 Å². The summed E-state index contributed by atoms with van der Waals surface area (Å²) in [7, 11) is 0. The van der Waals surface area contributed by atoms with Gasteiger partial charge in [0.1, 0.15) is 0 Å². The van der Waals surface area contributed by atoms with E-state index in [2.05, 4.69) is 13.3 Å². The highest BCUT2D eigenvalue weighted by Gasteiger charge is 1.80. The molecule has 2 radical (unpaired) electrons. The van der Waals surface area contributed by atoms with Crippen LogP contribution in [0.1, 0.15) is 39.5 Å². The second-order valence-electron chi connectivity index (χ2n) is 2.09. The van der Waals surface area contributed by atoms with E-state index in [4.69, 9.17) is 15.0 Å². The Morgan fingerprint density at radius 2 is 1.82 bits per heavy atom. The van der Waals surface area contributed by atoms with Gasteiger partial charge in [-0.25, -0.2) is 4.79 Å². The molecule has 3 heteroatoms. The average molecular weight is 160 g/mol. The number of hydrogen-bond donors (Lipinski definition) is 2. The number of rotatable bonds is 4. The largest absolute Gasteiger partial charge is 0.503 e. The van der Waals surface area contributed by atoms with E-state index in [1.165, 1.54) is 25.7 Å². The van der Waals surface area contributed by atoms with E-state index in [0.29, 0.717) is 0 Å². The predicted molar refractivity (Wildman–Crippen MR) is 43.7 cm³/mol. The lowest BCUT2D eigenvalue weighted by atomic mass is 10.2. The third-order valence-electron chi connectivity index (χ3n) is 1.03. The van der Waals surface area contributed by atoms with Crippen LogP contribution in [0.25, 0.3) is 0 Å². The van der Waals surface area contributed by atoms with Gasteiger partial charge in [-0.1, -0.05) is 33.1 Å². The molecule has 0 aliphatic rings. The average Bonchev–Trinajstić information content (AvgIpc) is 1.88. The lowest BCUT2D eigenvalue weighted by molar-refractivity contribution is 0.137. The first-order valence-electron chi connectivity index (χ1n) is 3.71. The van der Waals surface area contributed by atoms with Gasteiger partial charge in [0.15, 0.2) is 0 Å². The summed E-state index contributed by atoms with van der Waals surface area (Å²) in [6.07, 6.45) is 6.45. The number of carbonyl (C=O) groups is 1. The highest BCUT2D eigenvalue weighted by atomic mass is 16.6. The molecule has 66 valence electrons. The third kappa shape index (κ3) is 45.8. The molecule has 0 aliphatic heterocycles. The van der Waals surface area contributed by atoms with Gasteiger partial charge in [-0.3, -0.25) is 0 Å². The molecule has 0 heterocycles. The van der Waals surface area contributed by atoms with Gasteiger partial charge < -0.3 is 10.2 Å². The first-order valence-corrected chi connectivity index (χ1v) is 3.71. The molecule has 0 fully saturated rings. The van der Waals surface area contributed by atoms with Gasteiger partial charge in [-0.2, -0.15) is 0 Å². The highest BCUT2D eigenvalue weighted by molar-refractivity contribution is 5.53. The van der Waals surface area contributed by atoms with Gasteiger partial charge in [0.2, 0.25) is 0 Å². The molecule has 0 rings (SSSR count). The van der Waals surface area contributed by atoms with Crippen LogP contribution < -0.4 is 0 Å². The van der Waals surface area contributed by atoms with Gasteiger partial charge in [0.25, 0.3) is 0 Å². The molecular formula is C8H16O3. The Morgan fingerprint density at radius 1 is 1.36 bits per heavy atom. The minimum Gasteiger partial charge on any atom is -0.450 e. The Hall–Kier alpha value is -0.730. The molecule has 0 saturated heterocycles. The predicted octanol–water partition coefficient (Wildman–Crippen LogP) is 2.89. The van der Waals surface area contributed by atoms with E-state index in [1.807, 2.05) is 6.92 Å². The second-order valence-corrected chi connectivity index (χ2v) is 2.09. The fraction of sp³-hybridized carbons (Fsp3) is 0.750. The molecule has 0 aromatic heterocycles. The van der Waals surface area contributed by atoms with Crippen molar-refractivity contribution in [2.45, 2.75) is 39.5 Å². The van der Waals surface area contributed by atoms with Crippen LogP contribution in [-0.4, -0.2) is 16.4 Å². The van der Waals surface area contributed by atoms with Crippen molar-refractivity contribution in [1.29, 1.82) is 0 Å². The molecule has 0 aromatic carbocycles. The maximum Gasteiger partial charge on any atom is 0.503 e. The quantitative estimate of drug-likeness (QED) is 0.621. The molecule has 0 bridgehead atoms. The summed E-state index contributed by atoms with van der Waals surface area (Å²) < 4.78 is 0. The van der Waals surface area contributed by atoms with Gasteiger partial charge >= 0.3 is 6.16 Å². The van der Waals surface area contributed by atoms with Crippen LogP contribution in [0.3, 0.4) is 0 Å². The van der Waals surface area contributed by atoms with Crippen molar-refractivity contribution in [3.8, 4) is 0 Å². The van der Waals surface area contributed by atoms with Crippen LogP contribution in [-0.2, 0) is 0 Å². The van der Waals surface area contributed by atoms with Gasteiger partial charge in [-0.05, 0) is 12.8 Å². The molecule has 0 saturated carbocycles. The summed E-state index contributed by atoms with van der Waals surface area (Å²) in [6.45, 7) is 4.21. The minimum absolute atomic E-state index is 1.17. The van der Waals surface area contributed by atoms with Crippen molar-refractivity contribution in [2.24, 2.45) is 0 Å². The Labute approximate surface area is 68.0 Å². The smallest absolute Gasteiger partial charge is 0.450 e. The van der Waals surface area contributed by atoms with Crippen LogP contribution in [0.15, 0.2) is 0 Å². The van der Waals surface area contributed by atoms with E-state index in [9.17, 15) is 0 Å². The summed E-state index contributed by atoms with van der Waals surface area (Å²) in [6, 6.07) is 0. The standard InChI is InChI=1S/C7H14.CH2O3/c1-3-5-7-6-4-2;2-1(3)4/h3,5-7H2,1-2H3;(H2,2,3,4). The molecule has 0 aromatic rings. The normalized spacial score (nSPS) is 8.18. The maximum atomic E-state index is 8.56. The molecule has 2 N–H and O–H groups in total. The second kappa shape index (κ2) is 12.0. The zero-order valence-corrected chi connectivity index (χ0v) is 7.13. The Balaban J connectivity index is 0. The van der Waals surface area contributed by atoms with E-state index in [0.717, 1.165) is 0 Å². The first-order chi connectivity index (χ1) is 5.15.